The molecule has 150 valence electrons. The van der Waals surface area contributed by atoms with E-state index in [4.69, 9.17) is 23.2 Å². The van der Waals surface area contributed by atoms with Crippen LogP contribution in [0.1, 0.15) is 35.3 Å². The number of carbonyl (C=O) groups is 2. The molecule has 0 heterocycles. The molecule has 2 rings (SSSR count). The number of halogens is 4. The van der Waals surface area contributed by atoms with E-state index in [1.807, 2.05) is 0 Å². The highest BCUT2D eigenvalue weighted by Crippen LogP contribution is 2.28. The molecule has 0 aliphatic carbocycles. The summed E-state index contributed by atoms with van der Waals surface area (Å²) in [6, 6.07) is 10.0. The van der Waals surface area contributed by atoms with Gasteiger partial charge in [0.25, 0.3) is 5.91 Å². The zero-order valence-corrected chi connectivity index (χ0v) is 16.4. The molecular weight excluding hydrogens is 413 g/mol. The monoisotopic (exact) mass is 430 g/mol. The average Bonchev–Trinajstić information content (AvgIpc) is 2.64. The van der Waals surface area contributed by atoms with Crippen molar-refractivity contribution in [1.29, 1.82) is 0 Å². The predicted molar refractivity (Wildman–Crippen MR) is 103 cm³/mol. The molecule has 2 aromatic rings. The number of para-hydroxylation sites is 1. The van der Waals surface area contributed by atoms with Crippen LogP contribution in [0, 0.1) is 0 Å². The number of hydrogen-bond acceptors (Lipinski definition) is 3. The molecule has 0 saturated carbocycles. The fourth-order valence-corrected chi connectivity index (χ4v) is 3.04. The smallest absolute Gasteiger partial charge is 0.387 e. The van der Waals surface area contributed by atoms with Crippen molar-refractivity contribution in [1.82, 2.24) is 10.6 Å². The summed E-state index contributed by atoms with van der Waals surface area (Å²) >= 11 is 11.8. The Morgan fingerprint density at radius 2 is 1.86 bits per heavy atom. The van der Waals surface area contributed by atoms with Gasteiger partial charge in [0.1, 0.15) is 5.75 Å². The second kappa shape index (κ2) is 10.2. The first-order valence-corrected chi connectivity index (χ1v) is 9.13. The highest BCUT2D eigenvalue weighted by molar-refractivity contribution is 6.36. The lowest BCUT2D eigenvalue weighted by Gasteiger charge is -2.20. The summed E-state index contributed by atoms with van der Waals surface area (Å²) in [6.45, 7) is -1.50. The van der Waals surface area contributed by atoms with Crippen LogP contribution in [-0.2, 0) is 4.79 Å². The minimum Gasteiger partial charge on any atom is -0.434 e. The second-order valence-corrected chi connectivity index (χ2v) is 6.60. The van der Waals surface area contributed by atoms with Gasteiger partial charge in [-0.25, -0.2) is 0 Å². The third kappa shape index (κ3) is 6.07. The Morgan fingerprint density at radius 1 is 1.14 bits per heavy atom. The average molecular weight is 431 g/mol. The number of hydrogen-bond donors (Lipinski definition) is 2. The highest BCUT2D eigenvalue weighted by Gasteiger charge is 2.19. The van der Waals surface area contributed by atoms with E-state index in [1.54, 1.807) is 25.1 Å². The van der Waals surface area contributed by atoms with Crippen LogP contribution in [0.3, 0.4) is 0 Å². The largest absolute Gasteiger partial charge is 0.434 e. The van der Waals surface area contributed by atoms with Crippen molar-refractivity contribution in [2.24, 2.45) is 0 Å². The summed E-state index contributed by atoms with van der Waals surface area (Å²) < 4.78 is 29.7. The maximum absolute atomic E-state index is 12.6. The van der Waals surface area contributed by atoms with E-state index < -0.39 is 24.5 Å². The van der Waals surface area contributed by atoms with Gasteiger partial charge >= 0.3 is 6.61 Å². The van der Waals surface area contributed by atoms with Crippen LogP contribution in [0.25, 0.3) is 0 Å². The Morgan fingerprint density at radius 3 is 2.50 bits per heavy atom. The number of carbonyl (C=O) groups excluding carboxylic acids is 2. The summed E-state index contributed by atoms with van der Waals surface area (Å²) in [4.78, 5) is 24.4. The number of ether oxygens (including phenoxy) is 1. The molecule has 5 nitrogen and oxygen atoms in total. The van der Waals surface area contributed by atoms with E-state index in [0.717, 1.165) is 0 Å². The lowest BCUT2D eigenvalue weighted by molar-refractivity contribution is -0.120. The zero-order valence-electron chi connectivity index (χ0n) is 14.8. The Bertz CT molecular complexity index is 850. The Kier molecular flexibility index (Phi) is 8.02. The molecular formula is C19H18Cl2F2N2O3. The standard InChI is InChI=1S/C19H18Cl2F2N2O3/c1-2-15(13-5-3-4-6-16(13)28-19(22)23)25-17(26)10-24-18(27)12-8-7-11(20)9-14(12)21/h3-9,15,19H,2,10H2,1H3,(H,24,27)(H,25,26). The van der Waals surface area contributed by atoms with Crippen LogP contribution in [0.4, 0.5) is 8.78 Å². The normalized spacial score (nSPS) is 11.8. The fraction of sp³-hybridized carbons (Fsp3) is 0.263. The molecule has 9 heteroatoms. The van der Waals surface area contributed by atoms with Crippen molar-refractivity contribution in [3.8, 4) is 5.75 Å². The molecule has 0 aliphatic heterocycles. The molecule has 0 saturated heterocycles. The number of nitrogens with one attached hydrogen (secondary N) is 2. The van der Waals surface area contributed by atoms with Crippen LogP contribution in [-0.4, -0.2) is 25.0 Å². The van der Waals surface area contributed by atoms with Gasteiger partial charge in [-0.15, -0.1) is 0 Å². The van der Waals surface area contributed by atoms with E-state index in [1.165, 1.54) is 24.3 Å². The van der Waals surface area contributed by atoms with Gasteiger partial charge in [-0.05, 0) is 30.7 Å². The SMILES string of the molecule is CCC(NC(=O)CNC(=O)c1ccc(Cl)cc1Cl)c1ccccc1OC(F)F. The third-order valence-electron chi connectivity index (χ3n) is 3.84. The first-order valence-electron chi connectivity index (χ1n) is 8.38. The third-order valence-corrected chi connectivity index (χ3v) is 4.39. The Hall–Kier alpha value is -2.38. The molecule has 0 aliphatic rings. The molecule has 2 amide bonds. The molecule has 28 heavy (non-hydrogen) atoms. The van der Waals surface area contributed by atoms with Crippen LogP contribution in [0.2, 0.25) is 10.0 Å². The number of amides is 2. The molecule has 2 N–H and O–H groups in total. The van der Waals surface area contributed by atoms with Crippen LogP contribution in [0.15, 0.2) is 42.5 Å². The summed E-state index contributed by atoms with van der Waals surface area (Å²) in [5.41, 5.74) is 0.604. The van der Waals surface area contributed by atoms with Gasteiger partial charge in [0.2, 0.25) is 5.91 Å². The van der Waals surface area contributed by atoms with Crippen molar-refractivity contribution in [2.45, 2.75) is 26.0 Å². The quantitative estimate of drug-likeness (QED) is 0.643. The number of benzene rings is 2. The van der Waals surface area contributed by atoms with E-state index in [-0.39, 0.29) is 22.9 Å². The molecule has 0 radical (unpaired) electrons. The van der Waals surface area contributed by atoms with Crippen molar-refractivity contribution in [3.63, 3.8) is 0 Å². The van der Waals surface area contributed by atoms with Crippen LogP contribution >= 0.6 is 23.2 Å². The predicted octanol–water partition coefficient (Wildman–Crippen LogP) is 4.59. The molecule has 2 aromatic carbocycles. The summed E-state index contributed by atoms with van der Waals surface area (Å²) in [5.74, 6) is -1.04. The zero-order chi connectivity index (χ0) is 20.7. The summed E-state index contributed by atoms with van der Waals surface area (Å²) in [7, 11) is 0. The van der Waals surface area contributed by atoms with Gasteiger partial charge < -0.3 is 15.4 Å². The van der Waals surface area contributed by atoms with E-state index in [9.17, 15) is 18.4 Å². The topological polar surface area (TPSA) is 67.4 Å². The Labute approximate surface area is 171 Å². The van der Waals surface area contributed by atoms with Gasteiger partial charge in [-0.1, -0.05) is 48.3 Å². The number of rotatable bonds is 8. The Balaban J connectivity index is 2.00. The minimum atomic E-state index is -2.97. The van der Waals surface area contributed by atoms with E-state index in [0.29, 0.717) is 17.0 Å². The number of alkyl halides is 2. The lowest BCUT2D eigenvalue weighted by Crippen LogP contribution is -2.38. The van der Waals surface area contributed by atoms with Gasteiger partial charge in [-0.2, -0.15) is 8.78 Å². The van der Waals surface area contributed by atoms with Crippen molar-refractivity contribution in [3.05, 3.63) is 63.6 Å². The molecule has 0 fully saturated rings. The van der Waals surface area contributed by atoms with E-state index in [2.05, 4.69) is 15.4 Å². The molecule has 0 aromatic heterocycles. The van der Waals surface area contributed by atoms with Crippen molar-refractivity contribution >= 4 is 35.0 Å². The van der Waals surface area contributed by atoms with Crippen LogP contribution in [0.5, 0.6) is 5.75 Å². The fourth-order valence-electron chi connectivity index (χ4n) is 2.55. The second-order valence-electron chi connectivity index (χ2n) is 5.75. The van der Waals surface area contributed by atoms with Gasteiger partial charge in [0.05, 0.1) is 23.2 Å². The molecule has 0 bridgehead atoms. The van der Waals surface area contributed by atoms with Gasteiger partial charge in [0, 0.05) is 10.6 Å². The first kappa shape index (κ1) is 21.9. The summed E-state index contributed by atoms with van der Waals surface area (Å²) in [5, 5.41) is 5.70. The van der Waals surface area contributed by atoms with Crippen LogP contribution < -0.4 is 15.4 Å². The van der Waals surface area contributed by atoms with Gasteiger partial charge in [-0.3, -0.25) is 9.59 Å². The van der Waals surface area contributed by atoms with Crippen molar-refractivity contribution < 1.29 is 23.1 Å². The van der Waals surface area contributed by atoms with E-state index >= 15 is 0 Å². The molecule has 1 unspecified atom stereocenters. The lowest BCUT2D eigenvalue weighted by atomic mass is 10.0. The first-order chi connectivity index (χ1) is 13.3. The minimum absolute atomic E-state index is 0.0124. The molecule has 1 atom stereocenters. The van der Waals surface area contributed by atoms with Gasteiger partial charge in [0.15, 0.2) is 0 Å². The maximum Gasteiger partial charge on any atom is 0.387 e. The summed E-state index contributed by atoms with van der Waals surface area (Å²) in [6.07, 6.45) is 0.437. The van der Waals surface area contributed by atoms with Crippen molar-refractivity contribution in [2.75, 3.05) is 6.54 Å². The maximum atomic E-state index is 12.6. The molecule has 0 spiro atoms. The highest BCUT2D eigenvalue weighted by atomic mass is 35.5.